The molecule has 1 amide bonds. The second-order valence-electron chi connectivity index (χ2n) is 4.02. The normalized spacial score (nSPS) is 10.2. The first-order valence-corrected chi connectivity index (χ1v) is 5.34. The van der Waals surface area contributed by atoms with E-state index >= 15 is 0 Å². The highest BCUT2D eigenvalue weighted by Crippen LogP contribution is 2.10. The molecule has 0 heterocycles. The Labute approximate surface area is 95.8 Å². The summed E-state index contributed by atoms with van der Waals surface area (Å²) >= 11 is 0. The lowest BCUT2D eigenvalue weighted by molar-refractivity contribution is 0.147. The van der Waals surface area contributed by atoms with E-state index in [1.807, 2.05) is 32.0 Å². The van der Waals surface area contributed by atoms with Crippen LogP contribution in [-0.2, 0) is 11.3 Å². The summed E-state index contributed by atoms with van der Waals surface area (Å²) in [6.07, 6.45) is -0.428. The maximum Gasteiger partial charge on any atom is 0.411 e. The van der Waals surface area contributed by atoms with Gasteiger partial charge in [0.15, 0.2) is 0 Å². The molecule has 0 unspecified atom stereocenters. The van der Waals surface area contributed by atoms with Crippen LogP contribution >= 0.6 is 0 Å². The molecule has 0 radical (unpaired) electrons. The van der Waals surface area contributed by atoms with Gasteiger partial charge in [-0.25, -0.2) is 4.79 Å². The predicted molar refractivity (Wildman–Crippen MR) is 64.1 cm³/mol. The van der Waals surface area contributed by atoms with E-state index in [1.165, 1.54) is 0 Å². The minimum atomic E-state index is -0.428. The minimum absolute atomic E-state index is 0.334. The zero-order valence-electron chi connectivity index (χ0n) is 9.69. The number of benzene rings is 1. The number of rotatable bonds is 4. The predicted octanol–water partition coefficient (Wildman–Crippen LogP) is 2.35. The summed E-state index contributed by atoms with van der Waals surface area (Å²) in [5.74, 6) is 0.334. The Kier molecular flexibility index (Phi) is 4.79. The molecule has 4 nitrogen and oxygen atoms in total. The molecule has 16 heavy (non-hydrogen) atoms. The van der Waals surface area contributed by atoms with E-state index in [1.54, 1.807) is 6.07 Å². The van der Waals surface area contributed by atoms with Gasteiger partial charge in [0.2, 0.25) is 0 Å². The molecule has 0 aliphatic carbocycles. The molecule has 88 valence electrons. The van der Waals surface area contributed by atoms with Crippen LogP contribution in [0.1, 0.15) is 19.4 Å². The van der Waals surface area contributed by atoms with Gasteiger partial charge >= 0.3 is 6.09 Å². The summed E-state index contributed by atoms with van der Waals surface area (Å²) in [7, 11) is 0. The number of carbonyl (C=O) groups excluding carboxylic acids is 1. The van der Waals surface area contributed by atoms with Crippen molar-refractivity contribution in [3.8, 4) is 0 Å². The number of ether oxygens (including phenoxy) is 1. The van der Waals surface area contributed by atoms with Crippen LogP contribution in [0.3, 0.4) is 0 Å². The van der Waals surface area contributed by atoms with E-state index in [2.05, 4.69) is 5.32 Å². The van der Waals surface area contributed by atoms with Crippen molar-refractivity contribution in [3.63, 3.8) is 0 Å². The van der Waals surface area contributed by atoms with Gasteiger partial charge in [-0.1, -0.05) is 26.0 Å². The van der Waals surface area contributed by atoms with Crippen molar-refractivity contribution in [3.05, 3.63) is 29.8 Å². The third-order valence-corrected chi connectivity index (χ3v) is 1.96. The van der Waals surface area contributed by atoms with Gasteiger partial charge in [0.25, 0.3) is 0 Å². The van der Waals surface area contributed by atoms with E-state index in [0.717, 1.165) is 5.56 Å². The zero-order valence-corrected chi connectivity index (χ0v) is 9.69. The lowest BCUT2D eigenvalue weighted by Crippen LogP contribution is -2.16. The number of nitrogens with one attached hydrogen (secondary N) is 1. The second-order valence-corrected chi connectivity index (χ2v) is 4.02. The fraction of sp³-hybridized carbons (Fsp3) is 0.417. The molecular weight excluding hydrogens is 204 g/mol. The van der Waals surface area contributed by atoms with Gasteiger partial charge in [0.1, 0.15) is 0 Å². The maximum absolute atomic E-state index is 11.4. The van der Waals surface area contributed by atoms with Crippen molar-refractivity contribution < 1.29 is 9.53 Å². The van der Waals surface area contributed by atoms with E-state index in [4.69, 9.17) is 10.5 Å². The van der Waals surface area contributed by atoms with Gasteiger partial charge < -0.3 is 10.5 Å². The number of hydrogen-bond acceptors (Lipinski definition) is 3. The first kappa shape index (κ1) is 12.5. The summed E-state index contributed by atoms with van der Waals surface area (Å²) in [4.78, 5) is 11.4. The van der Waals surface area contributed by atoms with Crippen molar-refractivity contribution >= 4 is 11.8 Å². The minimum Gasteiger partial charge on any atom is -0.449 e. The van der Waals surface area contributed by atoms with Gasteiger partial charge in [-0.05, 0) is 23.6 Å². The molecule has 0 bridgehead atoms. The number of anilines is 1. The fourth-order valence-corrected chi connectivity index (χ4v) is 1.17. The Balaban J connectivity index is 2.49. The van der Waals surface area contributed by atoms with Gasteiger partial charge in [-0.2, -0.15) is 0 Å². The summed E-state index contributed by atoms with van der Waals surface area (Å²) in [6.45, 7) is 4.85. The number of amides is 1. The van der Waals surface area contributed by atoms with Crippen molar-refractivity contribution in [2.75, 3.05) is 11.9 Å². The average molecular weight is 222 g/mol. The molecule has 0 aromatic heterocycles. The highest BCUT2D eigenvalue weighted by atomic mass is 16.5. The van der Waals surface area contributed by atoms with Crippen molar-refractivity contribution in [1.82, 2.24) is 0 Å². The van der Waals surface area contributed by atoms with E-state index < -0.39 is 6.09 Å². The van der Waals surface area contributed by atoms with Gasteiger partial charge in [-0.15, -0.1) is 0 Å². The van der Waals surface area contributed by atoms with Crippen molar-refractivity contribution in [1.29, 1.82) is 0 Å². The van der Waals surface area contributed by atoms with Gasteiger partial charge in [-0.3, -0.25) is 5.32 Å². The molecule has 1 aromatic rings. The summed E-state index contributed by atoms with van der Waals surface area (Å²) in [5.41, 5.74) is 7.18. The molecule has 1 rings (SSSR count). The lowest BCUT2D eigenvalue weighted by atomic mass is 10.2. The quantitative estimate of drug-likeness (QED) is 0.821. The molecular formula is C12H18N2O2. The van der Waals surface area contributed by atoms with Crippen LogP contribution < -0.4 is 11.1 Å². The van der Waals surface area contributed by atoms with Crippen LogP contribution in [0.15, 0.2) is 24.3 Å². The third-order valence-electron chi connectivity index (χ3n) is 1.96. The Hall–Kier alpha value is -1.55. The monoisotopic (exact) mass is 222 g/mol. The van der Waals surface area contributed by atoms with Crippen LogP contribution in [0.2, 0.25) is 0 Å². The van der Waals surface area contributed by atoms with Crippen molar-refractivity contribution in [2.24, 2.45) is 11.7 Å². The van der Waals surface area contributed by atoms with Gasteiger partial charge in [0.05, 0.1) is 6.61 Å². The molecule has 0 aliphatic rings. The molecule has 0 spiro atoms. The number of hydrogen-bond donors (Lipinski definition) is 2. The van der Waals surface area contributed by atoms with Crippen LogP contribution in [0, 0.1) is 5.92 Å². The highest BCUT2D eigenvalue weighted by Gasteiger charge is 2.04. The Bertz CT molecular complexity index is 351. The Morgan fingerprint density at radius 1 is 1.50 bits per heavy atom. The molecule has 1 aromatic carbocycles. The molecule has 3 N–H and O–H groups in total. The van der Waals surface area contributed by atoms with Crippen LogP contribution in [0.5, 0.6) is 0 Å². The maximum atomic E-state index is 11.4. The molecule has 0 fully saturated rings. The Morgan fingerprint density at radius 3 is 2.88 bits per heavy atom. The number of carbonyl (C=O) groups is 1. The van der Waals surface area contributed by atoms with E-state index in [-0.39, 0.29) is 0 Å². The molecule has 0 saturated heterocycles. The standard InChI is InChI=1S/C12H18N2O2/c1-9(2)8-16-12(15)14-11-5-3-4-10(6-11)7-13/h3-6,9H,7-8,13H2,1-2H3,(H,14,15). The van der Waals surface area contributed by atoms with E-state index in [0.29, 0.717) is 24.8 Å². The SMILES string of the molecule is CC(C)COC(=O)Nc1cccc(CN)c1. The summed E-state index contributed by atoms with van der Waals surface area (Å²) < 4.78 is 5.00. The summed E-state index contributed by atoms with van der Waals surface area (Å²) in [5, 5.41) is 2.66. The molecule has 0 saturated carbocycles. The largest absolute Gasteiger partial charge is 0.449 e. The van der Waals surface area contributed by atoms with Gasteiger partial charge in [0, 0.05) is 12.2 Å². The zero-order chi connectivity index (χ0) is 12.0. The summed E-state index contributed by atoms with van der Waals surface area (Å²) in [6, 6.07) is 7.39. The fourth-order valence-electron chi connectivity index (χ4n) is 1.17. The number of nitrogens with two attached hydrogens (primary N) is 1. The van der Waals surface area contributed by atoms with Crippen LogP contribution in [0.4, 0.5) is 10.5 Å². The molecule has 0 atom stereocenters. The third kappa shape index (κ3) is 4.31. The Morgan fingerprint density at radius 2 is 2.25 bits per heavy atom. The average Bonchev–Trinajstić information content (AvgIpc) is 2.26. The topological polar surface area (TPSA) is 64.3 Å². The first-order chi connectivity index (χ1) is 7.61. The first-order valence-electron chi connectivity index (χ1n) is 5.34. The molecule has 4 heteroatoms. The van der Waals surface area contributed by atoms with Crippen LogP contribution in [-0.4, -0.2) is 12.7 Å². The smallest absolute Gasteiger partial charge is 0.411 e. The van der Waals surface area contributed by atoms with E-state index in [9.17, 15) is 4.79 Å². The second kappa shape index (κ2) is 6.12. The van der Waals surface area contributed by atoms with Crippen LogP contribution in [0.25, 0.3) is 0 Å². The highest BCUT2D eigenvalue weighted by molar-refractivity contribution is 5.84. The molecule has 0 aliphatic heterocycles. The lowest BCUT2D eigenvalue weighted by Gasteiger charge is -2.09. The van der Waals surface area contributed by atoms with Crippen molar-refractivity contribution in [2.45, 2.75) is 20.4 Å².